The number of hydrogen-bond donors (Lipinski definition) is 2. The molecule has 1 heterocycles. The maximum atomic E-state index is 3.55. The predicted octanol–water partition coefficient (Wildman–Crippen LogP) is 2.97. The van der Waals surface area contributed by atoms with E-state index in [2.05, 4.69) is 55.7 Å². The average Bonchev–Trinajstić information content (AvgIpc) is 2.60. The van der Waals surface area contributed by atoms with E-state index >= 15 is 0 Å². The van der Waals surface area contributed by atoms with Crippen LogP contribution in [0.3, 0.4) is 0 Å². The van der Waals surface area contributed by atoms with Gasteiger partial charge in [0.05, 0.1) is 0 Å². The normalized spacial score (nSPS) is 19.3. The summed E-state index contributed by atoms with van der Waals surface area (Å²) in [5.74, 6) is 0.672. The zero-order valence-electron chi connectivity index (χ0n) is 10.5. The van der Waals surface area contributed by atoms with Gasteiger partial charge in [-0.3, -0.25) is 0 Å². The molecule has 1 atom stereocenters. The largest absolute Gasteiger partial charge is 0.384 e. The lowest BCUT2D eigenvalue weighted by Crippen LogP contribution is -2.37. The van der Waals surface area contributed by atoms with E-state index in [4.69, 9.17) is 0 Å². The van der Waals surface area contributed by atoms with Crippen molar-refractivity contribution in [3.63, 3.8) is 0 Å². The van der Waals surface area contributed by atoms with Gasteiger partial charge in [0.1, 0.15) is 0 Å². The Bertz CT molecular complexity index is 352. The molecule has 1 aromatic rings. The van der Waals surface area contributed by atoms with Crippen LogP contribution < -0.4 is 10.6 Å². The molecule has 0 fully saturated rings. The van der Waals surface area contributed by atoms with Crippen LogP contribution in [0.2, 0.25) is 0 Å². The monoisotopic (exact) mass is 218 g/mol. The van der Waals surface area contributed by atoms with E-state index in [1.165, 1.54) is 17.7 Å². The van der Waals surface area contributed by atoms with E-state index in [0.717, 1.165) is 13.1 Å². The lowest BCUT2D eigenvalue weighted by atomic mass is 9.97. The highest BCUT2D eigenvalue weighted by Crippen LogP contribution is 2.32. The van der Waals surface area contributed by atoms with Crippen LogP contribution >= 0.6 is 0 Å². The van der Waals surface area contributed by atoms with Gasteiger partial charge in [0.25, 0.3) is 0 Å². The summed E-state index contributed by atoms with van der Waals surface area (Å²) >= 11 is 0. The summed E-state index contributed by atoms with van der Waals surface area (Å²) < 4.78 is 0. The number of benzene rings is 1. The molecule has 0 aromatic heterocycles. The minimum Gasteiger partial charge on any atom is -0.384 e. The number of fused-ring (bicyclic) bond motifs is 1. The SMILES string of the molecule is CC(C)(C)NCCC1CNc2ccccc21. The highest BCUT2D eigenvalue weighted by Gasteiger charge is 2.21. The molecule has 16 heavy (non-hydrogen) atoms. The third-order valence-corrected chi connectivity index (χ3v) is 3.09. The molecular formula is C14H22N2. The van der Waals surface area contributed by atoms with Crippen molar-refractivity contribution in [3.05, 3.63) is 29.8 Å². The Morgan fingerprint density at radius 2 is 2.06 bits per heavy atom. The Labute approximate surface area is 98.4 Å². The van der Waals surface area contributed by atoms with Crippen LogP contribution in [0.15, 0.2) is 24.3 Å². The first-order valence-corrected chi connectivity index (χ1v) is 6.14. The van der Waals surface area contributed by atoms with Crippen molar-refractivity contribution in [2.45, 2.75) is 38.6 Å². The van der Waals surface area contributed by atoms with Crippen LogP contribution in [0.25, 0.3) is 0 Å². The number of para-hydroxylation sites is 1. The highest BCUT2D eigenvalue weighted by atomic mass is 15.0. The predicted molar refractivity (Wildman–Crippen MR) is 70.0 cm³/mol. The Hall–Kier alpha value is -1.02. The first-order chi connectivity index (χ1) is 7.56. The molecule has 0 aliphatic carbocycles. The smallest absolute Gasteiger partial charge is 0.0376 e. The molecule has 1 aliphatic rings. The van der Waals surface area contributed by atoms with E-state index in [1.54, 1.807) is 0 Å². The zero-order chi connectivity index (χ0) is 11.6. The minimum atomic E-state index is 0.228. The van der Waals surface area contributed by atoms with Crippen molar-refractivity contribution >= 4 is 5.69 Å². The standard InChI is InChI=1S/C14H22N2/c1-14(2,3)16-9-8-11-10-15-13-7-5-4-6-12(11)13/h4-7,11,15-16H,8-10H2,1-3H3. The summed E-state index contributed by atoms with van der Waals surface area (Å²) in [6.45, 7) is 8.82. The fourth-order valence-electron chi connectivity index (χ4n) is 2.24. The van der Waals surface area contributed by atoms with Gasteiger partial charge in [-0.15, -0.1) is 0 Å². The Morgan fingerprint density at radius 3 is 2.81 bits per heavy atom. The molecule has 0 radical (unpaired) electrons. The van der Waals surface area contributed by atoms with E-state index < -0.39 is 0 Å². The second-order valence-corrected chi connectivity index (χ2v) is 5.63. The molecule has 2 nitrogen and oxygen atoms in total. The Morgan fingerprint density at radius 1 is 1.31 bits per heavy atom. The van der Waals surface area contributed by atoms with Crippen LogP contribution in [0.1, 0.15) is 38.7 Å². The van der Waals surface area contributed by atoms with Crippen molar-refractivity contribution in [1.82, 2.24) is 5.32 Å². The van der Waals surface area contributed by atoms with Crippen LogP contribution in [-0.2, 0) is 0 Å². The molecular weight excluding hydrogens is 196 g/mol. The minimum absolute atomic E-state index is 0.228. The number of nitrogens with one attached hydrogen (secondary N) is 2. The number of rotatable bonds is 3. The molecule has 2 heteroatoms. The molecule has 1 unspecified atom stereocenters. The van der Waals surface area contributed by atoms with E-state index in [-0.39, 0.29) is 5.54 Å². The van der Waals surface area contributed by atoms with Crippen molar-refractivity contribution < 1.29 is 0 Å². The summed E-state index contributed by atoms with van der Waals surface area (Å²) in [6, 6.07) is 8.65. The first-order valence-electron chi connectivity index (χ1n) is 6.14. The second-order valence-electron chi connectivity index (χ2n) is 5.63. The van der Waals surface area contributed by atoms with Gasteiger partial charge in [0, 0.05) is 23.7 Å². The Balaban J connectivity index is 1.89. The number of hydrogen-bond acceptors (Lipinski definition) is 2. The van der Waals surface area contributed by atoms with Gasteiger partial charge in [-0.05, 0) is 45.4 Å². The quantitative estimate of drug-likeness (QED) is 0.815. The van der Waals surface area contributed by atoms with Crippen LogP contribution in [0.5, 0.6) is 0 Å². The van der Waals surface area contributed by atoms with Crippen molar-refractivity contribution in [3.8, 4) is 0 Å². The van der Waals surface area contributed by atoms with E-state index in [1.807, 2.05) is 0 Å². The third kappa shape index (κ3) is 2.76. The molecule has 2 N–H and O–H groups in total. The van der Waals surface area contributed by atoms with E-state index in [9.17, 15) is 0 Å². The maximum Gasteiger partial charge on any atom is 0.0376 e. The highest BCUT2D eigenvalue weighted by molar-refractivity contribution is 5.57. The number of anilines is 1. The Kier molecular flexibility index (Phi) is 3.20. The molecule has 0 saturated heterocycles. The fraction of sp³-hybridized carbons (Fsp3) is 0.571. The van der Waals surface area contributed by atoms with Gasteiger partial charge in [0.15, 0.2) is 0 Å². The molecule has 0 amide bonds. The maximum absolute atomic E-state index is 3.55. The zero-order valence-corrected chi connectivity index (χ0v) is 10.5. The average molecular weight is 218 g/mol. The summed E-state index contributed by atoms with van der Waals surface area (Å²) in [5, 5.41) is 7.02. The van der Waals surface area contributed by atoms with Gasteiger partial charge >= 0.3 is 0 Å². The van der Waals surface area contributed by atoms with Crippen LogP contribution in [0.4, 0.5) is 5.69 Å². The molecule has 1 aliphatic heterocycles. The molecule has 88 valence electrons. The van der Waals surface area contributed by atoms with Crippen LogP contribution in [-0.4, -0.2) is 18.6 Å². The fourth-order valence-corrected chi connectivity index (χ4v) is 2.24. The van der Waals surface area contributed by atoms with Gasteiger partial charge < -0.3 is 10.6 Å². The lowest BCUT2D eigenvalue weighted by molar-refractivity contribution is 0.413. The van der Waals surface area contributed by atoms with Gasteiger partial charge in [-0.2, -0.15) is 0 Å². The summed E-state index contributed by atoms with van der Waals surface area (Å²) in [7, 11) is 0. The summed E-state index contributed by atoms with van der Waals surface area (Å²) in [5.41, 5.74) is 3.03. The topological polar surface area (TPSA) is 24.1 Å². The molecule has 1 aromatic carbocycles. The van der Waals surface area contributed by atoms with Crippen molar-refractivity contribution in [2.24, 2.45) is 0 Å². The van der Waals surface area contributed by atoms with Gasteiger partial charge in [0.2, 0.25) is 0 Å². The van der Waals surface area contributed by atoms with Crippen molar-refractivity contribution in [1.29, 1.82) is 0 Å². The molecule has 0 spiro atoms. The van der Waals surface area contributed by atoms with Gasteiger partial charge in [-0.25, -0.2) is 0 Å². The van der Waals surface area contributed by atoms with Crippen LogP contribution in [0, 0.1) is 0 Å². The first kappa shape index (κ1) is 11.5. The molecule has 0 saturated carbocycles. The van der Waals surface area contributed by atoms with Gasteiger partial charge in [-0.1, -0.05) is 18.2 Å². The second kappa shape index (κ2) is 4.46. The van der Waals surface area contributed by atoms with E-state index in [0.29, 0.717) is 5.92 Å². The van der Waals surface area contributed by atoms with Crippen molar-refractivity contribution in [2.75, 3.05) is 18.4 Å². The molecule has 0 bridgehead atoms. The summed E-state index contributed by atoms with van der Waals surface area (Å²) in [6.07, 6.45) is 1.21. The third-order valence-electron chi connectivity index (χ3n) is 3.09. The summed E-state index contributed by atoms with van der Waals surface area (Å²) in [4.78, 5) is 0. The molecule has 2 rings (SSSR count). The lowest BCUT2D eigenvalue weighted by Gasteiger charge is -2.21.